The number of nitrogens with zero attached hydrogens (tertiary/aromatic N) is 2. The summed E-state index contributed by atoms with van der Waals surface area (Å²) in [5.41, 5.74) is 8.67. The van der Waals surface area contributed by atoms with Gasteiger partial charge in [0.2, 0.25) is 0 Å². The number of nitrogen functional groups attached to an aromatic ring is 1. The van der Waals surface area contributed by atoms with Gasteiger partial charge in [0.05, 0.1) is 21.6 Å². The molecule has 0 radical (unpaired) electrons. The summed E-state index contributed by atoms with van der Waals surface area (Å²) in [6.45, 7) is 4.86. The summed E-state index contributed by atoms with van der Waals surface area (Å²) in [7, 11) is 0. The average molecular weight is 289 g/mol. The van der Waals surface area contributed by atoms with Gasteiger partial charge in [-0.3, -0.25) is 0 Å². The van der Waals surface area contributed by atoms with Gasteiger partial charge in [0, 0.05) is 11.4 Å². The SMILES string of the molecule is CCc1cc(-c2nc3ccc(F)cc3n2CC)c(N)s1. The topological polar surface area (TPSA) is 43.8 Å². The van der Waals surface area contributed by atoms with E-state index < -0.39 is 0 Å². The summed E-state index contributed by atoms with van der Waals surface area (Å²) in [6, 6.07) is 6.76. The predicted octanol–water partition coefficient (Wildman–Crippen LogP) is 4.07. The maximum absolute atomic E-state index is 13.4. The molecule has 5 heteroatoms. The number of fused-ring (bicyclic) bond motifs is 1. The first kappa shape index (κ1) is 13.1. The molecule has 0 saturated heterocycles. The highest BCUT2D eigenvalue weighted by atomic mass is 32.1. The van der Waals surface area contributed by atoms with Crippen LogP contribution in [0.1, 0.15) is 18.7 Å². The standard InChI is InChI=1S/C15H16FN3S/c1-3-10-8-11(14(17)20-10)15-18-12-6-5-9(16)7-13(12)19(15)4-2/h5-8H,3-4,17H2,1-2H3. The van der Waals surface area contributed by atoms with Gasteiger partial charge in [0.1, 0.15) is 11.6 Å². The van der Waals surface area contributed by atoms with Crippen LogP contribution in [0.2, 0.25) is 0 Å². The van der Waals surface area contributed by atoms with Crippen molar-refractivity contribution < 1.29 is 4.39 Å². The Kier molecular flexibility index (Phi) is 3.22. The van der Waals surface area contributed by atoms with Gasteiger partial charge in [-0.05, 0) is 37.6 Å². The van der Waals surface area contributed by atoms with Crippen LogP contribution in [0, 0.1) is 5.82 Å². The van der Waals surface area contributed by atoms with Crippen molar-refractivity contribution in [3.8, 4) is 11.4 Å². The van der Waals surface area contributed by atoms with Gasteiger partial charge >= 0.3 is 0 Å². The molecule has 0 fully saturated rings. The first-order chi connectivity index (χ1) is 9.63. The fraction of sp³-hybridized carbons (Fsp3) is 0.267. The van der Waals surface area contributed by atoms with Crippen molar-refractivity contribution in [2.75, 3.05) is 5.73 Å². The van der Waals surface area contributed by atoms with Crippen LogP contribution in [0.5, 0.6) is 0 Å². The Morgan fingerprint density at radius 3 is 2.75 bits per heavy atom. The molecule has 0 bridgehead atoms. The Morgan fingerprint density at radius 1 is 1.30 bits per heavy atom. The molecule has 20 heavy (non-hydrogen) atoms. The van der Waals surface area contributed by atoms with Gasteiger partial charge in [-0.2, -0.15) is 0 Å². The lowest BCUT2D eigenvalue weighted by Crippen LogP contribution is -1.98. The van der Waals surface area contributed by atoms with Crippen molar-refractivity contribution in [3.63, 3.8) is 0 Å². The quantitative estimate of drug-likeness (QED) is 0.790. The molecule has 0 aliphatic heterocycles. The third-order valence-corrected chi connectivity index (χ3v) is 4.54. The minimum Gasteiger partial charge on any atom is -0.390 e. The van der Waals surface area contributed by atoms with E-state index in [1.54, 1.807) is 17.4 Å². The van der Waals surface area contributed by atoms with Crippen LogP contribution in [-0.4, -0.2) is 9.55 Å². The van der Waals surface area contributed by atoms with Crippen molar-refractivity contribution in [2.45, 2.75) is 26.8 Å². The summed E-state index contributed by atoms with van der Waals surface area (Å²) >= 11 is 1.59. The largest absolute Gasteiger partial charge is 0.390 e. The molecule has 0 aliphatic carbocycles. The third-order valence-electron chi connectivity index (χ3n) is 3.43. The molecule has 2 heterocycles. The Balaban J connectivity index is 2.27. The molecule has 0 unspecified atom stereocenters. The van der Waals surface area contributed by atoms with E-state index in [9.17, 15) is 4.39 Å². The minimum atomic E-state index is -0.244. The molecule has 3 nitrogen and oxygen atoms in total. The number of halogens is 1. The number of anilines is 1. The Bertz CT molecular complexity index is 773. The molecule has 0 aliphatic rings. The summed E-state index contributed by atoms with van der Waals surface area (Å²) in [5, 5.41) is 0.771. The van der Waals surface area contributed by atoms with E-state index in [0.717, 1.165) is 40.4 Å². The lowest BCUT2D eigenvalue weighted by Gasteiger charge is -2.05. The average Bonchev–Trinajstić information content (AvgIpc) is 2.98. The van der Waals surface area contributed by atoms with Crippen molar-refractivity contribution in [1.82, 2.24) is 9.55 Å². The van der Waals surface area contributed by atoms with E-state index >= 15 is 0 Å². The molecule has 2 N–H and O–H groups in total. The predicted molar refractivity (Wildman–Crippen MR) is 82.5 cm³/mol. The number of aromatic nitrogens is 2. The lowest BCUT2D eigenvalue weighted by atomic mass is 10.2. The van der Waals surface area contributed by atoms with Crippen LogP contribution in [0.4, 0.5) is 9.39 Å². The highest BCUT2D eigenvalue weighted by Gasteiger charge is 2.16. The van der Waals surface area contributed by atoms with E-state index in [0.29, 0.717) is 0 Å². The van der Waals surface area contributed by atoms with Crippen LogP contribution in [0.3, 0.4) is 0 Å². The van der Waals surface area contributed by atoms with Crippen molar-refractivity contribution in [1.29, 1.82) is 0 Å². The van der Waals surface area contributed by atoms with Gasteiger partial charge < -0.3 is 10.3 Å². The summed E-state index contributed by atoms with van der Waals surface area (Å²) < 4.78 is 15.4. The van der Waals surface area contributed by atoms with Crippen molar-refractivity contribution in [3.05, 3.63) is 35.0 Å². The second-order valence-corrected chi connectivity index (χ2v) is 5.83. The first-order valence-corrected chi connectivity index (χ1v) is 7.50. The Labute approximate surface area is 120 Å². The van der Waals surface area contributed by atoms with Gasteiger partial charge in [0.15, 0.2) is 0 Å². The molecule has 0 atom stereocenters. The smallest absolute Gasteiger partial charge is 0.144 e. The van der Waals surface area contributed by atoms with E-state index in [1.165, 1.54) is 17.0 Å². The fourth-order valence-electron chi connectivity index (χ4n) is 2.43. The third kappa shape index (κ3) is 1.98. The maximum Gasteiger partial charge on any atom is 0.144 e. The highest BCUT2D eigenvalue weighted by molar-refractivity contribution is 7.16. The molecule has 3 aromatic rings. The summed E-state index contributed by atoms with van der Waals surface area (Å²) in [5.74, 6) is 0.577. The van der Waals surface area contributed by atoms with Crippen LogP contribution < -0.4 is 5.73 Å². The number of benzene rings is 1. The molecular formula is C15H16FN3S. The maximum atomic E-state index is 13.4. The van der Waals surface area contributed by atoms with Gasteiger partial charge in [-0.1, -0.05) is 6.92 Å². The van der Waals surface area contributed by atoms with Crippen LogP contribution in [0.25, 0.3) is 22.4 Å². The Hall–Kier alpha value is -1.88. The first-order valence-electron chi connectivity index (χ1n) is 6.68. The zero-order valence-electron chi connectivity index (χ0n) is 11.5. The number of aryl methyl sites for hydroxylation is 2. The van der Waals surface area contributed by atoms with Crippen LogP contribution in [-0.2, 0) is 13.0 Å². The lowest BCUT2D eigenvalue weighted by molar-refractivity contribution is 0.628. The summed E-state index contributed by atoms with van der Waals surface area (Å²) in [6.07, 6.45) is 0.954. The molecular weight excluding hydrogens is 273 g/mol. The number of hydrogen-bond donors (Lipinski definition) is 1. The minimum absolute atomic E-state index is 0.244. The number of rotatable bonds is 3. The Morgan fingerprint density at radius 2 is 2.10 bits per heavy atom. The summed E-state index contributed by atoms with van der Waals surface area (Å²) in [4.78, 5) is 5.86. The van der Waals surface area contributed by atoms with Crippen LogP contribution >= 0.6 is 11.3 Å². The number of thiophene rings is 1. The molecule has 1 aromatic carbocycles. The van der Waals surface area contributed by atoms with Gasteiger partial charge in [-0.15, -0.1) is 11.3 Å². The molecule has 0 saturated carbocycles. The second-order valence-electron chi connectivity index (χ2n) is 4.66. The van der Waals surface area contributed by atoms with Gasteiger partial charge in [0.25, 0.3) is 0 Å². The zero-order valence-corrected chi connectivity index (χ0v) is 12.3. The molecule has 0 spiro atoms. The monoisotopic (exact) mass is 289 g/mol. The fourth-order valence-corrected chi connectivity index (χ4v) is 3.29. The van der Waals surface area contributed by atoms with E-state index in [2.05, 4.69) is 18.0 Å². The van der Waals surface area contributed by atoms with Crippen LogP contribution in [0.15, 0.2) is 24.3 Å². The van der Waals surface area contributed by atoms with Gasteiger partial charge in [-0.25, -0.2) is 9.37 Å². The molecule has 104 valence electrons. The van der Waals surface area contributed by atoms with E-state index in [1.807, 2.05) is 11.5 Å². The second kappa shape index (κ2) is 4.90. The molecule has 0 amide bonds. The highest BCUT2D eigenvalue weighted by Crippen LogP contribution is 2.35. The number of nitrogens with two attached hydrogens (primary N) is 1. The van der Waals surface area contributed by atoms with E-state index in [4.69, 9.17) is 5.73 Å². The molecule has 2 aromatic heterocycles. The van der Waals surface area contributed by atoms with Crippen molar-refractivity contribution in [2.24, 2.45) is 0 Å². The number of imidazole rings is 1. The number of hydrogen-bond acceptors (Lipinski definition) is 3. The normalized spacial score (nSPS) is 11.3. The zero-order chi connectivity index (χ0) is 14.3. The van der Waals surface area contributed by atoms with E-state index in [-0.39, 0.29) is 5.82 Å². The van der Waals surface area contributed by atoms with Crippen molar-refractivity contribution >= 4 is 27.4 Å². The molecule has 3 rings (SSSR count).